The Balaban J connectivity index is 2.09. The molecule has 1 aliphatic rings. The van der Waals surface area contributed by atoms with Crippen LogP contribution in [0.2, 0.25) is 0 Å². The SMILES string of the molecule is CCC(C)NC(=O)NCC(c1ccccc1OC)N1CCCCC1. The van der Waals surface area contributed by atoms with Gasteiger partial charge in [-0.05, 0) is 45.3 Å². The molecular weight excluding hydrogens is 302 g/mol. The van der Waals surface area contributed by atoms with Gasteiger partial charge in [-0.1, -0.05) is 31.5 Å². The molecule has 0 saturated carbocycles. The summed E-state index contributed by atoms with van der Waals surface area (Å²) >= 11 is 0. The zero-order valence-corrected chi connectivity index (χ0v) is 15.2. The largest absolute Gasteiger partial charge is 0.496 e. The average Bonchev–Trinajstić information content (AvgIpc) is 2.63. The molecule has 0 aliphatic carbocycles. The van der Waals surface area contributed by atoms with Crippen LogP contribution in [-0.4, -0.2) is 43.7 Å². The second-order valence-electron chi connectivity index (χ2n) is 6.52. The molecule has 0 bridgehead atoms. The van der Waals surface area contributed by atoms with E-state index in [1.807, 2.05) is 25.1 Å². The first kappa shape index (κ1) is 18.6. The van der Waals surface area contributed by atoms with Crippen molar-refractivity contribution in [3.05, 3.63) is 29.8 Å². The van der Waals surface area contributed by atoms with Crippen molar-refractivity contribution in [1.29, 1.82) is 0 Å². The van der Waals surface area contributed by atoms with Gasteiger partial charge in [0.15, 0.2) is 0 Å². The van der Waals surface area contributed by atoms with Crippen molar-refractivity contribution in [1.82, 2.24) is 15.5 Å². The molecule has 5 nitrogen and oxygen atoms in total. The number of ether oxygens (including phenoxy) is 1. The molecule has 2 atom stereocenters. The number of hydrogen-bond acceptors (Lipinski definition) is 3. The molecule has 0 radical (unpaired) electrons. The fourth-order valence-electron chi connectivity index (χ4n) is 3.17. The predicted molar refractivity (Wildman–Crippen MR) is 97.4 cm³/mol. The van der Waals surface area contributed by atoms with E-state index in [1.165, 1.54) is 19.3 Å². The number of likely N-dealkylation sites (tertiary alicyclic amines) is 1. The van der Waals surface area contributed by atoms with Gasteiger partial charge < -0.3 is 15.4 Å². The Morgan fingerprint density at radius 2 is 1.96 bits per heavy atom. The Bertz CT molecular complexity index is 515. The smallest absolute Gasteiger partial charge is 0.315 e. The fraction of sp³-hybridized carbons (Fsp3) is 0.632. The molecule has 0 spiro atoms. The number of benzene rings is 1. The number of carbonyl (C=O) groups is 1. The molecule has 24 heavy (non-hydrogen) atoms. The van der Waals surface area contributed by atoms with Crippen LogP contribution in [0.1, 0.15) is 51.1 Å². The number of nitrogens with zero attached hydrogens (tertiary/aromatic N) is 1. The third-order valence-corrected chi connectivity index (χ3v) is 4.78. The van der Waals surface area contributed by atoms with Gasteiger partial charge in [-0.25, -0.2) is 4.79 Å². The first-order valence-corrected chi connectivity index (χ1v) is 9.07. The lowest BCUT2D eigenvalue weighted by atomic mass is 10.0. The average molecular weight is 333 g/mol. The lowest BCUT2D eigenvalue weighted by Crippen LogP contribution is -2.45. The molecule has 134 valence electrons. The second kappa shape index (κ2) is 9.52. The zero-order valence-electron chi connectivity index (χ0n) is 15.2. The van der Waals surface area contributed by atoms with E-state index in [9.17, 15) is 4.79 Å². The topological polar surface area (TPSA) is 53.6 Å². The van der Waals surface area contributed by atoms with E-state index >= 15 is 0 Å². The normalized spacial score (nSPS) is 17.8. The van der Waals surface area contributed by atoms with E-state index in [0.29, 0.717) is 6.54 Å². The third kappa shape index (κ3) is 5.13. The Kier molecular flexibility index (Phi) is 7.37. The van der Waals surface area contributed by atoms with Crippen LogP contribution in [-0.2, 0) is 0 Å². The quantitative estimate of drug-likeness (QED) is 0.805. The summed E-state index contributed by atoms with van der Waals surface area (Å²) in [5.74, 6) is 0.886. The summed E-state index contributed by atoms with van der Waals surface area (Å²) in [5, 5.41) is 6.02. The van der Waals surface area contributed by atoms with Crippen molar-refractivity contribution < 1.29 is 9.53 Å². The Labute approximate surface area is 145 Å². The van der Waals surface area contributed by atoms with Crippen LogP contribution in [0.15, 0.2) is 24.3 Å². The third-order valence-electron chi connectivity index (χ3n) is 4.78. The van der Waals surface area contributed by atoms with E-state index in [-0.39, 0.29) is 18.1 Å². The highest BCUT2D eigenvalue weighted by molar-refractivity contribution is 5.74. The molecule has 2 amide bonds. The minimum Gasteiger partial charge on any atom is -0.496 e. The van der Waals surface area contributed by atoms with Crippen molar-refractivity contribution in [2.24, 2.45) is 0 Å². The monoisotopic (exact) mass is 333 g/mol. The van der Waals surface area contributed by atoms with Crippen LogP contribution in [0.3, 0.4) is 0 Å². The summed E-state index contributed by atoms with van der Waals surface area (Å²) in [7, 11) is 1.70. The van der Waals surface area contributed by atoms with Crippen LogP contribution in [0.4, 0.5) is 4.79 Å². The summed E-state index contributed by atoms with van der Waals surface area (Å²) in [6.45, 7) is 6.80. The molecule has 1 saturated heterocycles. The number of piperidine rings is 1. The zero-order chi connectivity index (χ0) is 17.4. The Hall–Kier alpha value is -1.75. The van der Waals surface area contributed by atoms with Crippen LogP contribution >= 0.6 is 0 Å². The molecule has 2 unspecified atom stereocenters. The fourth-order valence-corrected chi connectivity index (χ4v) is 3.17. The maximum atomic E-state index is 12.1. The van der Waals surface area contributed by atoms with Gasteiger partial charge in [0.05, 0.1) is 13.2 Å². The van der Waals surface area contributed by atoms with Crippen molar-refractivity contribution in [3.8, 4) is 5.75 Å². The maximum Gasteiger partial charge on any atom is 0.315 e. The van der Waals surface area contributed by atoms with Crippen LogP contribution in [0.25, 0.3) is 0 Å². The molecule has 1 aliphatic heterocycles. The molecule has 2 rings (SSSR count). The van der Waals surface area contributed by atoms with E-state index in [1.54, 1.807) is 7.11 Å². The summed E-state index contributed by atoms with van der Waals surface area (Å²) in [4.78, 5) is 14.6. The van der Waals surface area contributed by atoms with Crippen molar-refractivity contribution in [3.63, 3.8) is 0 Å². The maximum absolute atomic E-state index is 12.1. The number of nitrogens with one attached hydrogen (secondary N) is 2. The lowest BCUT2D eigenvalue weighted by molar-refractivity contribution is 0.157. The molecule has 1 aromatic rings. The lowest BCUT2D eigenvalue weighted by Gasteiger charge is -2.35. The number of para-hydroxylation sites is 1. The van der Waals surface area contributed by atoms with Gasteiger partial charge in [0.1, 0.15) is 5.75 Å². The number of hydrogen-bond donors (Lipinski definition) is 2. The molecule has 5 heteroatoms. The van der Waals surface area contributed by atoms with E-state index < -0.39 is 0 Å². The number of urea groups is 1. The van der Waals surface area contributed by atoms with Crippen LogP contribution in [0, 0.1) is 0 Å². The Morgan fingerprint density at radius 3 is 2.62 bits per heavy atom. The van der Waals surface area contributed by atoms with Gasteiger partial charge in [-0.2, -0.15) is 0 Å². The van der Waals surface area contributed by atoms with Gasteiger partial charge in [0.25, 0.3) is 0 Å². The van der Waals surface area contributed by atoms with Gasteiger partial charge in [0, 0.05) is 18.2 Å². The summed E-state index contributed by atoms with van der Waals surface area (Å²) in [5.41, 5.74) is 1.14. The first-order valence-electron chi connectivity index (χ1n) is 9.07. The standard InChI is InChI=1S/C19H31N3O2/c1-4-15(2)21-19(23)20-14-17(22-12-8-5-9-13-22)16-10-6-7-11-18(16)24-3/h6-7,10-11,15,17H,4-5,8-9,12-14H2,1-3H3,(H2,20,21,23). The predicted octanol–water partition coefficient (Wildman–Crippen LogP) is 3.32. The minimum atomic E-state index is -0.0961. The summed E-state index contributed by atoms with van der Waals surface area (Å²) in [6.07, 6.45) is 4.64. The van der Waals surface area contributed by atoms with Crippen molar-refractivity contribution in [2.45, 2.75) is 51.6 Å². The summed E-state index contributed by atoms with van der Waals surface area (Å²) < 4.78 is 5.55. The number of carbonyl (C=O) groups excluding carboxylic acids is 1. The van der Waals surface area contributed by atoms with Crippen LogP contribution in [0.5, 0.6) is 5.75 Å². The minimum absolute atomic E-state index is 0.0961. The van der Waals surface area contributed by atoms with E-state index in [4.69, 9.17) is 4.74 Å². The number of amides is 2. The second-order valence-corrected chi connectivity index (χ2v) is 6.52. The number of rotatable bonds is 7. The Morgan fingerprint density at radius 1 is 1.25 bits per heavy atom. The highest BCUT2D eigenvalue weighted by atomic mass is 16.5. The summed E-state index contributed by atoms with van der Waals surface area (Å²) in [6, 6.07) is 8.35. The molecular formula is C19H31N3O2. The molecule has 1 aromatic carbocycles. The van der Waals surface area contributed by atoms with Gasteiger partial charge in [-0.15, -0.1) is 0 Å². The number of methoxy groups -OCH3 is 1. The van der Waals surface area contributed by atoms with E-state index in [0.717, 1.165) is 30.8 Å². The highest BCUT2D eigenvalue weighted by Gasteiger charge is 2.25. The molecule has 2 N–H and O–H groups in total. The van der Waals surface area contributed by atoms with Gasteiger partial charge in [-0.3, -0.25) is 4.90 Å². The van der Waals surface area contributed by atoms with Gasteiger partial charge >= 0.3 is 6.03 Å². The van der Waals surface area contributed by atoms with Crippen molar-refractivity contribution >= 4 is 6.03 Å². The van der Waals surface area contributed by atoms with E-state index in [2.05, 4.69) is 28.5 Å². The first-order chi connectivity index (χ1) is 11.7. The molecule has 1 fully saturated rings. The van der Waals surface area contributed by atoms with Gasteiger partial charge in [0.2, 0.25) is 0 Å². The molecule has 1 heterocycles. The highest BCUT2D eigenvalue weighted by Crippen LogP contribution is 2.30. The van der Waals surface area contributed by atoms with Crippen molar-refractivity contribution in [2.75, 3.05) is 26.7 Å². The van der Waals surface area contributed by atoms with Crippen LogP contribution < -0.4 is 15.4 Å². The molecule has 0 aromatic heterocycles.